The molecule has 0 aliphatic carbocycles. The van der Waals surface area contributed by atoms with Crippen LogP contribution in [-0.2, 0) is 6.42 Å². The summed E-state index contributed by atoms with van der Waals surface area (Å²) in [4.78, 5) is 10.9. The first kappa shape index (κ1) is 9.56. The van der Waals surface area contributed by atoms with Gasteiger partial charge in [0.15, 0.2) is 0 Å². The van der Waals surface area contributed by atoms with Crippen LogP contribution in [0.25, 0.3) is 0 Å². The molecule has 0 radical (unpaired) electrons. The first-order valence-corrected chi connectivity index (χ1v) is 4.39. The molecular formula is C9H8Cl2O. The summed E-state index contributed by atoms with van der Waals surface area (Å²) >= 11 is 11.2. The van der Waals surface area contributed by atoms with E-state index in [-0.39, 0.29) is 0 Å². The summed E-state index contributed by atoms with van der Waals surface area (Å²) in [7, 11) is 0. The van der Waals surface area contributed by atoms with Gasteiger partial charge in [0.1, 0.15) is 0 Å². The van der Waals surface area contributed by atoms with Gasteiger partial charge >= 0.3 is 0 Å². The van der Waals surface area contributed by atoms with Crippen LogP contribution in [0, 0.1) is 0 Å². The number of benzene rings is 1. The van der Waals surface area contributed by atoms with E-state index in [1.54, 1.807) is 18.2 Å². The average molecular weight is 203 g/mol. The fourth-order valence-corrected chi connectivity index (χ4v) is 1.59. The van der Waals surface area contributed by atoms with Gasteiger partial charge in [0.2, 0.25) is 0 Å². The number of carbonyl (C=O) groups is 1. The normalized spacial score (nSPS) is 9.92. The number of hydrogen-bond acceptors (Lipinski definition) is 1. The zero-order valence-corrected chi connectivity index (χ0v) is 8.12. The second-order valence-electron chi connectivity index (χ2n) is 2.39. The fraction of sp³-hybridized carbons (Fsp3) is 0.222. The van der Waals surface area contributed by atoms with Gasteiger partial charge in [-0.1, -0.05) is 24.6 Å². The molecule has 0 fully saturated rings. The maximum absolute atomic E-state index is 10.9. The molecular weight excluding hydrogens is 195 g/mol. The Balaban J connectivity index is 3.27. The Kier molecular flexibility index (Phi) is 3.12. The quantitative estimate of drug-likeness (QED) is 0.674. The van der Waals surface area contributed by atoms with E-state index in [1.807, 2.05) is 6.92 Å². The number of halogens is 2. The summed E-state index contributed by atoms with van der Waals surface area (Å²) < 4.78 is 0. The molecule has 0 unspecified atom stereocenters. The van der Waals surface area contributed by atoms with Crippen molar-refractivity contribution in [3.8, 4) is 0 Å². The van der Waals surface area contributed by atoms with Crippen molar-refractivity contribution < 1.29 is 4.79 Å². The maximum atomic E-state index is 10.9. The molecule has 1 nitrogen and oxygen atoms in total. The molecule has 3 heteroatoms. The summed E-state index contributed by atoms with van der Waals surface area (Å²) in [6.45, 7) is 1.94. The summed E-state index contributed by atoms with van der Waals surface area (Å²) in [6, 6.07) is 5.15. The van der Waals surface area contributed by atoms with Crippen molar-refractivity contribution >= 4 is 28.4 Å². The standard InChI is InChI=1S/C9H8Cl2O/c1-2-6-7(9(11)12)4-3-5-8(6)10/h3-5H,2H2,1H3. The molecule has 0 amide bonds. The van der Waals surface area contributed by atoms with E-state index in [4.69, 9.17) is 23.2 Å². The summed E-state index contributed by atoms with van der Waals surface area (Å²) in [6.07, 6.45) is 0.716. The fourth-order valence-electron chi connectivity index (χ4n) is 1.10. The van der Waals surface area contributed by atoms with Crippen LogP contribution in [0.1, 0.15) is 22.8 Å². The molecule has 1 rings (SSSR count). The van der Waals surface area contributed by atoms with Gasteiger partial charge in [-0.2, -0.15) is 0 Å². The molecule has 0 aliphatic rings. The minimum atomic E-state index is -0.450. The average Bonchev–Trinajstić information content (AvgIpc) is 2.03. The molecule has 12 heavy (non-hydrogen) atoms. The molecule has 0 N–H and O–H groups in total. The predicted octanol–water partition coefficient (Wildman–Crippen LogP) is 3.28. The second kappa shape index (κ2) is 3.92. The SMILES string of the molecule is CCc1c(Cl)cccc1C(=O)Cl. The molecule has 0 spiro atoms. The lowest BCUT2D eigenvalue weighted by molar-refractivity contribution is 0.108. The van der Waals surface area contributed by atoms with E-state index in [0.717, 1.165) is 5.56 Å². The van der Waals surface area contributed by atoms with Gasteiger partial charge in [0.05, 0.1) is 0 Å². The Labute approximate surface area is 81.3 Å². The molecule has 1 aromatic carbocycles. The van der Waals surface area contributed by atoms with Crippen molar-refractivity contribution in [1.29, 1.82) is 0 Å². The molecule has 0 saturated carbocycles. The van der Waals surface area contributed by atoms with Crippen LogP contribution in [0.5, 0.6) is 0 Å². The lowest BCUT2D eigenvalue weighted by atomic mass is 10.1. The van der Waals surface area contributed by atoms with Crippen LogP contribution < -0.4 is 0 Å². The summed E-state index contributed by atoms with van der Waals surface area (Å²) in [5.74, 6) is 0. The minimum absolute atomic E-state index is 0.450. The topological polar surface area (TPSA) is 17.1 Å². The highest BCUT2D eigenvalue weighted by Gasteiger charge is 2.09. The molecule has 64 valence electrons. The lowest BCUT2D eigenvalue weighted by Crippen LogP contribution is -1.96. The molecule has 0 aromatic heterocycles. The van der Waals surface area contributed by atoms with Crippen LogP contribution in [0.4, 0.5) is 0 Å². The third kappa shape index (κ3) is 1.79. The van der Waals surface area contributed by atoms with Crippen molar-refractivity contribution in [3.05, 3.63) is 34.3 Å². The Morgan fingerprint density at radius 2 is 2.17 bits per heavy atom. The first-order valence-electron chi connectivity index (χ1n) is 3.64. The Bertz CT molecular complexity index is 307. The molecule has 0 heterocycles. The highest BCUT2D eigenvalue weighted by Crippen LogP contribution is 2.21. The number of hydrogen-bond donors (Lipinski definition) is 0. The van der Waals surface area contributed by atoms with E-state index < -0.39 is 5.24 Å². The molecule has 0 bridgehead atoms. The number of carbonyl (C=O) groups excluding carboxylic acids is 1. The monoisotopic (exact) mass is 202 g/mol. The van der Waals surface area contributed by atoms with E-state index in [9.17, 15) is 4.79 Å². The van der Waals surface area contributed by atoms with Crippen molar-refractivity contribution in [2.45, 2.75) is 13.3 Å². The second-order valence-corrected chi connectivity index (χ2v) is 3.14. The third-order valence-corrected chi connectivity index (χ3v) is 2.24. The zero-order chi connectivity index (χ0) is 9.14. The summed E-state index contributed by atoms with van der Waals surface area (Å²) in [5, 5.41) is 0.151. The van der Waals surface area contributed by atoms with Crippen molar-refractivity contribution in [2.24, 2.45) is 0 Å². The van der Waals surface area contributed by atoms with Gasteiger partial charge in [-0.25, -0.2) is 0 Å². The molecule has 0 aliphatic heterocycles. The Hall–Kier alpha value is -0.530. The smallest absolute Gasteiger partial charge is 0.252 e. The van der Waals surface area contributed by atoms with Gasteiger partial charge in [0, 0.05) is 10.6 Å². The highest BCUT2D eigenvalue weighted by atomic mass is 35.5. The predicted molar refractivity (Wildman–Crippen MR) is 51.0 cm³/mol. The molecule has 1 aromatic rings. The van der Waals surface area contributed by atoms with Gasteiger partial charge in [-0.15, -0.1) is 0 Å². The van der Waals surface area contributed by atoms with Crippen LogP contribution in [-0.4, -0.2) is 5.24 Å². The van der Waals surface area contributed by atoms with Gasteiger partial charge in [-0.05, 0) is 35.7 Å². The Morgan fingerprint density at radius 3 is 2.58 bits per heavy atom. The highest BCUT2D eigenvalue weighted by molar-refractivity contribution is 6.68. The van der Waals surface area contributed by atoms with Crippen molar-refractivity contribution in [2.75, 3.05) is 0 Å². The Morgan fingerprint density at radius 1 is 1.50 bits per heavy atom. The first-order chi connectivity index (χ1) is 5.66. The van der Waals surface area contributed by atoms with Crippen LogP contribution in [0.3, 0.4) is 0 Å². The lowest BCUT2D eigenvalue weighted by Gasteiger charge is -2.04. The molecule has 0 saturated heterocycles. The van der Waals surface area contributed by atoms with Gasteiger partial charge < -0.3 is 0 Å². The maximum Gasteiger partial charge on any atom is 0.252 e. The van der Waals surface area contributed by atoms with E-state index in [2.05, 4.69) is 0 Å². The van der Waals surface area contributed by atoms with E-state index >= 15 is 0 Å². The van der Waals surface area contributed by atoms with Crippen LogP contribution in [0.15, 0.2) is 18.2 Å². The summed E-state index contributed by atoms with van der Waals surface area (Å²) in [5.41, 5.74) is 1.32. The number of rotatable bonds is 2. The van der Waals surface area contributed by atoms with Crippen LogP contribution in [0.2, 0.25) is 5.02 Å². The van der Waals surface area contributed by atoms with Crippen molar-refractivity contribution in [1.82, 2.24) is 0 Å². The molecule has 0 atom stereocenters. The van der Waals surface area contributed by atoms with Crippen molar-refractivity contribution in [3.63, 3.8) is 0 Å². The largest absolute Gasteiger partial charge is 0.276 e. The minimum Gasteiger partial charge on any atom is -0.276 e. The van der Waals surface area contributed by atoms with E-state index in [1.165, 1.54) is 0 Å². The van der Waals surface area contributed by atoms with Gasteiger partial charge in [-0.3, -0.25) is 4.79 Å². The van der Waals surface area contributed by atoms with E-state index in [0.29, 0.717) is 17.0 Å². The zero-order valence-electron chi connectivity index (χ0n) is 6.60. The van der Waals surface area contributed by atoms with Gasteiger partial charge in [0.25, 0.3) is 5.24 Å². The van der Waals surface area contributed by atoms with Crippen LogP contribution >= 0.6 is 23.2 Å². The third-order valence-electron chi connectivity index (χ3n) is 1.68.